The lowest BCUT2D eigenvalue weighted by molar-refractivity contribution is -0.187. The van der Waals surface area contributed by atoms with Gasteiger partial charge in [-0.05, 0) is 50.8 Å². The fourth-order valence-electron chi connectivity index (χ4n) is 4.27. The summed E-state index contributed by atoms with van der Waals surface area (Å²) in [6.07, 6.45) is 4.24. The van der Waals surface area contributed by atoms with Crippen LogP contribution in [0.4, 0.5) is 4.79 Å². The van der Waals surface area contributed by atoms with Gasteiger partial charge in [0, 0.05) is 11.8 Å². The summed E-state index contributed by atoms with van der Waals surface area (Å²) in [5.74, 6) is 6.91. The Bertz CT molecular complexity index is 1120. The molecular formula is C27H30N2O2. The van der Waals surface area contributed by atoms with Gasteiger partial charge >= 0.3 is 6.03 Å². The van der Waals surface area contributed by atoms with Gasteiger partial charge in [-0.3, -0.25) is 9.40 Å². The van der Waals surface area contributed by atoms with Crippen molar-refractivity contribution >= 4 is 16.9 Å². The molecule has 1 aliphatic heterocycles. The minimum atomic E-state index is -0.771. The predicted octanol–water partition coefficient (Wildman–Crippen LogP) is 6.29. The van der Waals surface area contributed by atoms with Crippen LogP contribution in [0.3, 0.4) is 0 Å². The Morgan fingerprint density at radius 1 is 1.06 bits per heavy atom. The summed E-state index contributed by atoms with van der Waals surface area (Å²) in [5, 5.41) is 2.60. The average molecular weight is 415 g/mol. The van der Waals surface area contributed by atoms with E-state index >= 15 is 0 Å². The van der Waals surface area contributed by atoms with Gasteiger partial charge in [0.25, 0.3) is 0 Å². The fourth-order valence-corrected chi connectivity index (χ4v) is 4.27. The molecule has 0 N–H and O–H groups in total. The molecule has 0 radical (unpaired) electrons. The van der Waals surface area contributed by atoms with E-state index in [1.807, 2.05) is 38.1 Å². The number of rotatable bonds is 7. The summed E-state index contributed by atoms with van der Waals surface area (Å²) >= 11 is 0. The van der Waals surface area contributed by atoms with Crippen molar-refractivity contribution in [3.8, 4) is 11.8 Å². The first-order chi connectivity index (χ1) is 15.1. The molecule has 1 atom stereocenters. The Kier molecular flexibility index (Phi) is 6.15. The van der Waals surface area contributed by atoms with E-state index in [1.54, 1.807) is 9.63 Å². The SMILES string of the molecule is CCCCC1(C#CCCc2ccccc2)c2cc3ccccc3n2C(=O)N1OC(C)C. The number of nitrogens with zero attached hydrogens (tertiary/aromatic N) is 2. The molecule has 4 rings (SSSR count). The summed E-state index contributed by atoms with van der Waals surface area (Å²) in [7, 11) is 0. The zero-order chi connectivity index (χ0) is 21.8. The number of hydrogen-bond donors (Lipinski definition) is 0. The summed E-state index contributed by atoms with van der Waals surface area (Å²) in [4.78, 5) is 19.6. The van der Waals surface area contributed by atoms with Gasteiger partial charge in [-0.25, -0.2) is 4.79 Å². The monoisotopic (exact) mass is 414 g/mol. The highest BCUT2D eigenvalue weighted by atomic mass is 16.7. The van der Waals surface area contributed by atoms with Crippen molar-refractivity contribution in [2.24, 2.45) is 0 Å². The maximum atomic E-state index is 13.5. The lowest BCUT2D eigenvalue weighted by atomic mass is 9.89. The minimum Gasteiger partial charge on any atom is -0.265 e. The molecule has 1 amide bonds. The largest absolute Gasteiger partial charge is 0.354 e. The molecule has 1 aliphatic rings. The van der Waals surface area contributed by atoms with Crippen molar-refractivity contribution in [2.45, 2.75) is 64.5 Å². The third-order valence-corrected chi connectivity index (χ3v) is 5.73. The predicted molar refractivity (Wildman–Crippen MR) is 125 cm³/mol. The van der Waals surface area contributed by atoms with Gasteiger partial charge in [0.05, 0.1) is 17.3 Å². The van der Waals surface area contributed by atoms with Crippen molar-refractivity contribution in [3.63, 3.8) is 0 Å². The summed E-state index contributed by atoms with van der Waals surface area (Å²) in [5.41, 5.74) is 2.32. The zero-order valence-electron chi connectivity index (χ0n) is 18.6. The summed E-state index contributed by atoms with van der Waals surface area (Å²) < 4.78 is 1.79. The Balaban J connectivity index is 1.77. The molecule has 4 heteroatoms. The molecule has 1 unspecified atom stereocenters. The van der Waals surface area contributed by atoms with E-state index in [0.717, 1.165) is 48.7 Å². The van der Waals surface area contributed by atoms with Gasteiger partial charge in [-0.1, -0.05) is 73.7 Å². The van der Waals surface area contributed by atoms with Crippen LogP contribution in [-0.2, 0) is 16.8 Å². The van der Waals surface area contributed by atoms with E-state index in [9.17, 15) is 4.79 Å². The molecular weight excluding hydrogens is 384 g/mol. The topological polar surface area (TPSA) is 34.5 Å². The number of amides is 1. The highest BCUT2D eigenvalue weighted by Crippen LogP contribution is 2.43. The van der Waals surface area contributed by atoms with E-state index < -0.39 is 5.54 Å². The van der Waals surface area contributed by atoms with Crippen molar-refractivity contribution in [2.75, 3.05) is 0 Å². The van der Waals surface area contributed by atoms with E-state index in [0.29, 0.717) is 0 Å². The zero-order valence-corrected chi connectivity index (χ0v) is 18.6. The first-order valence-electron chi connectivity index (χ1n) is 11.2. The highest BCUT2D eigenvalue weighted by molar-refractivity contribution is 5.96. The third-order valence-electron chi connectivity index (χ3n) is 5.73. The summed E-state index contributed by atoms with van der Waals surface area (Å²) in [6.45, 7) is 6.06. The van der Waals surface area contributed by atoms with Gasteiger partial charge < -0.3 is 0 Å². The maximum absolute atomic E-state index is 13.5. The van der Waals surface area contributed by atoms with Crippen LogP contribution in [-0.4, -0.2) is 21.8 Å². The van der Waals surface area contributed by atoms with Crippen LogP contribution in [0.2, 0.25) is 0 Å². The second-order valence-corrected chi connectivity index (χ2v) is 8.41. The lowest BCUT2D eigenvalue weighted by Crippen LogP contribution is -2.44. The highest BCUT2D eigenvalue weighted by Gasteiger charge is 2.51. The molecule has 2 heterocycles. The van der Waals surface area contributed by atoms with Crippen molar-refractivity contribution < 1.29 is 9.63 Å². The quantitative estimate of drug-likeness (QED) is 0.426. The molecule has 3 aromatic rings. The standard InChI is InChI=1S/C27H30N2O2/c1-4-5-18-27(19-12-11-15-22-13-7-6-8-14-22)25-20-23-16-9-10-17-24(23)28(25)26(30)29(27)31-21(2)3/h6-10,13-14,16-17,20-21H,4-5,11,15,18H2,1-3H3. The van der Waals surface area contributed by atoms with Crippen LogP contribution in [0.5, 0.6) is 0 Å². The fraction of sp³-hybridized carbons (Fsp3) is 0.370. The van der Waals surface area contributed by atoms with E-state index in [1.165, 1.54) is 5.56 Å². The van der Waals surface area contributed by atoms with Gasteiger partial charge in [0.2, 0.25) is 0 Å². The number of benzene rings is 2. The van der Waals surface area contributed by atoms with E-state index in [4.69, 9.17) is 4.84 Å². The van der Waals surface area contributed by atoms with Gasteiger partial charge in [-0.2, -0.15) is 5.06 Å². The second kappa shape index (κ2) is 8.99. The molecule has 31 heavy (non-hydrogen) atoms. The van der Waals surface area contributed by atoms with Crippen LogP contribution in [0.1, 0.15) is 57.7 Å². The van der Waals surface area contributed by atoms with Crippen LogP contribution in [0.15, 0.2) is 60.7 Å². The number of aromatic nitrogens is 1. The Hall–Kier alpha value is -3.03. The van der Waals surface area contributed by atoms with Crippen molar-refractivity contribution in [1.29, 1.82) is 0 Å². The Morgan fingerprint density at radius 3 is 2.55 bits per heavy atom. The van der Waals surface area contributed by atoms with E-state index in [-0.39, 0.29) is 12.1 Å². The number of aryl methyl sites for hydroxylation is 1. The minimum absolute atomic E-state index is 0.119. The first-order valence-corrected chi connectivity index (χ1v) is 11.2. The molecule has 160 valence electrons. The van der Waals surface area contributed by atoms with Gasteiger partial charge in [0.1, 0.15) is 0 Å². The molecule has 0 saturated carbocycles. The third kappa shape index (κ3) is 3.98. The smallest absolute Gasteiger partial charge is 0.265 e. The number of unbranched alkanes of at least 4 members (excludes halogenated alkanes) is 1. The van der Waals surface area contributed by atoms with Gasteiger partial charge in [-0.15, -0.1) is 0 Å². The molecule has 2 aromatic carbocycles. The number of carbonyl (C=O) groups excluding carboxylic acids is 1. The molecule has 0 saturated heterocycles. The van der Waals surface area contributed by atoms with Crippen LogP contribution in [0, 0.1) is 11.8 Å². The number of hydroxylamine groups is 2. The molecule has 0 spiro atoms. The molecule has 0 fully saturated rings. The molecule has 0 aliphatic carbocycles. The van der Waals surface area contributed by atoms with Crippen LogP contribution in [0.25, 0.3) is 10.9 Å². The number of carbonyl (C=O) groups is 1. The number of fused-ring (bicyclic) bond motifs is 3. The number of para-hydroxylation sites is 1. The number of hydrogen-bond acceptors (Lipinski definition) is 2. The Morgan fingerprint density at radius 2 is 1.81 bits per heavy atom. The second-order valence-electron chi connectivity index (χ2n) is 8.41. The molecule has 4 nitrogen and oxygen atoms in total. The van der Waals surface area contributed by atoms with Crippen molar-refractivity contribution in [1.82, 2.24) is 9.63 Å². The molecule has 1 aromatic heterocycles. The van der Waals surface area contributed by atoms with Crippen molar-refractivity contribution in [3.05, 3.63) is 71.9 Å². The summed E-state index contributed by atoms with van der Waals surface area (Å²) in [6, 6.07) is 20.3. The normalized spacial score (nSPS) is 17.8. The van der Waals surface area contributed by atoms with Crippen LogP contribution < -0.4 is 0 Å². The van der Waals surface area contributed by atoms with E-state index in [2.05, 4.69) is 55.2 Å². The van der Waals surface area contributed by atoms with Crippen LogP contribution >= 0.6 is 0 Å². The van der Waals surface area contributed by atoms with Gasteiger partial charge in [0.15, 0.2) is 5.54 Å². The first kappa shape index (κ1) is 21.2. The Labute approximate surface area is 184 Å². The lowest BCUT2D eigenvalue weighted by Gasteiger charge is -2.33. The molecule has 0 bridgehead atoms. The maximum Gasteiger partial charge on any atom is 0.354 e. The average Bonchev–Trinajstić information content (AvgIpc) is 3.26.